The van der Waals surface area contributed by atoms with Crippen LogP contribution in [0.2, 0.25) is 5.02 Å². The number of rotatable bonds is 3. The Hall–Kier alpha value is -0.250. The molecule has 2 atom stereocenters. The van der Waals surface area contributed by atoms with Crippen LogP contribution in [-0.2, 0) is 5.75 Å². The summed E-state index contributed by atoms with van der Waals surface area (Å²) in [5.74, 6) is 1.12. The van der Waals surface area contributed by atoms with Crippen LogP contribution in [0.1, 0.15) is 37.9 Å². The van der Waals surface area contributed by atoms with Crippen molar-refractivity contribution in [3.05, 3.63) is 34.1 Å². The highest BCUT2D eigenvalue weighted by molar-refractivity contribution is 7.99. The van der Waals surface area contributed by atoms with E-state index in [1.165, 1.54) is 6.07 Å². The number of fused-ring (bicyclic) bond motifs is 1. The number of halogens is 2. The average molecular weight is 288 g/mol. The monoisotopic (exact) mass is 287 g/mol. The molecule has 0 aliphatic carbocycles. The Bertz CT molecular complexity index is 436. The van der Waals surface area contributed by atoms with E-state index < -0.39 is 0 Å². The van der Waals surface area contributed by atoms with Gasteiger partial charge in [-0.2, -0.15) is 11.8 Å². The van der Waals surface area contributed by atoms with Crippen LogP contribution in [-0.4, -0.2) is 11.8 Å². The van der Waals surface area contributed by atoms with E-state index in [2.05, 4.69) is 26.1 Å². The largest absolute Gasteiger partial charge is 0.309 e. The van der Waals surface area contributed by atoms with Crippen LogP contribution in [0.15, 0.2) is 12.1 Å². The average Bonchev–Trinajstić information content (AvgIpc) is 2.34. The number of benzene rings is 1. The number of thioether (sulfide) groups is 1. The van der Waals surface area contributed by atoms with Gasteiger partial charge in [0.1, 0.15) is 5.82 Å². The lowest BCUT2D eigenvalue weighted by Crippen LogP contribution is -2.36. The molecular weight excluding hydrogens is 269 g/mol. The molecule has 1 aromatic rings. The van der Waals surface area contributed by atoms with Crippen LogP contribution in [0.25, 0.3) is 0 Å². The van der Waals surface area contributed by atoms with Crippen molar-refractivity contribution >= 4 is 23.4 Å². The van der Waals surface area contributed by atoms with Gasteiger partial charge in [-0.1, -0.05) is 32.4 Å². The Balaban J connectivity index is 2.48. The van der Waals surface area contributed by atoms with E-state index in [-0.39, 0.29) is 11.9 Å². The predicted molar refractivity (Wildman–Crippen MR) is 77.7 cm³/mol. The van der Waals surface area contributed by atoms with Crippen molar-refractivity contribution in [2.24, 2.45) is 5.92 Å². The summed E-state index contributed by atoms with van der Waals surface area (Å²) >= 11 is 8.12. The summed E-state index contributed by atoms with van der Waals surface area (Å²) in [5.41, 5.74) is 1.74. The molecule has 0 fully saturated rings. The molecule has 0 saturated heterocycles. The fourth-order valence-electron chi connectivity index (χ4n) is 2.55. The number of hydrogen-bond donors (Lipinski definition) is 1. The minimum atomic E-state index is -0.132. The van der Waals surface area contributed by atoms with Gasteiger partial charge in [0.15, 0.2) is 0 Å². The molecule has 1 aliphatic rings. The first-order valence-corrected chi connectivity index (χ1v) is 7.80. The third-order valence-electron chi connectivity index (χ3n) is 3.39. The van der Waals surface area contributed by atoms with E-state index in [1.54, 1.807) is 6.07 Å². The first-order valence-electron chi connectivity index (χ1n) is 6.38. The Labute approximate surface area is 117 Å². The van der Waals surface area contributed by atoms with Crippen LogP contribution >= 0.6 is 23.4 Å². The summed E-state index contributed by atoms with van der Waals surface area (Å²) in [7, 11) is 0. The topological polar surface area (TPSA) is 12.0 Å². The molecule has 0 radical (unpaired) electrons. The molecule has 100 valence electrons. The maximum Gasteiger partial charge on any atom is 0.127 e. The van der Waals surface area contributed by atoms with Crippen molar-refractivity contribution in [1.82, 2.24) is 5.32 Å². The van der Waals surface area contributed by atoms with Crippen molar-refractivity contribution < 1.29 is 4.39 Å². The van der Waals surface area contributed by atoms with Gasteiger partial charge in [-0.25, -0.2) is 4.39 Å². The molecule has 0 saturated carbocycles. The fourth-order valence-corrected chi connectivity index (χ4v) is 4.30. The van der Waals surface area contributed by atoms with Crippen molar-refractivity contribution in [3.8, 4) is 0 Å². The summed E-state index contributed by atoms with van der Waals surface area (Å²) in [6.07, 6.45) is 0. The highest BCUT2D eigenvalue weighted by Gasteiger charge is 2.34. The molecule has 2 rings (SSSR count). The van der Waals surface area contributed by atoms with Gasteiger partial charge in [-0.05, 0) is 30.2 Å². The van der Waals surface area contributed by atoms with E-state index in [4.69, 9.17) is 11.6 Å². The number of hydrogen-bond acceptors (Lipinski definition) is 2. The van der Waals surface area contributed by atoms with Gasteiger partial charge in [0, 0.05) is 27.6 Å². The Kier molecular flexibility index (Phi) is 4.57. The minimum Gasteiger partial charge on any atom is -0.309 e. The van der Waals surface area contributed by atoms with Gasteiger partial charge in [-0.15, -0.1) is 0 Å². The van der Waals surface area contributed by atoms with Gasteiger partial charge in [0.25, 0.3) is 0 Å². The summed E-state index contributed by atoms with van der Waals surface area (Å²) in [6, 6.07) is 3.29. The van der Waals surface area contributed by atoms with E-state index in [1.807, 2.05) is 11.8 Å². The lowest BCUT2D eigenvalue weighted by Gasteiger charge is -2.36. The summed E-state index contributed by atoms with van der Waals surface area (Å²) in [5, 5.41) is 4.59. The Morgan fingerprint density at radius 1 is 1.50 bits per heavy atom. The van der Waals surface area contributed by atoms with Gasteiger partial charge in [0.05, 0.1) is 0 Å². The summed E-state index contributed by atoms with van der Waals surface area (Å²) in [4.78, 5) is 0. The zero-order chi connectivity index (χ0) is 13.3. The van der Waals surface area contributed by atoms with E-state index in [9.17, 15) is 4.39 Å². The molecule has 4 heteroatoms. The van der Waals surface area contributed by atoms with Crippen molar-refractivity contribution in [3.63, 3.8) is 0 Å². The minimum absolute atomic E-state index is 0.132. The normalized spacial score (nSPS) is 23.2. The highest BCUT2D eigenvalue weighted by Crippen LogP contribution is 2.44. The van der Waals surface area contributed by atoms with Crippen LogP contribution in [0.4, 0.5) is 4.39 Å². The molecule has 1 aliphatic heterocycles. The second-order valence-corrected chi connectivity index (χ2v) is 6.55. The van der Waals surface area contributed by atoms with E-state index in [0.29, 0.717) is 21.9 Å². The molecular formula is C14H19ClFNS. The summed E-state index contributed by atoms with van der Waals surface area (Å²) < 4.78 is 13.9. The smallest absolute Gasteiger partial charge is 0.127 e. The molecule has 2 unspecified atom stereocenters. The van der Waals surface area contributed by atoms with Crippen LogP contribution in [0.3, 0.4) is 0 Å². The summed E-state index contributed by atoms with van der Waals surface area (Å²) in [6.45, 7) is 7.35. The zero-order valence-electron chi connectivity index (χ0n) is 11.0. The zero-order valence-corrected chi connectivity index (χ0v) is 12.5. The number of nitrogens with one attached hydrogen (secondary N) is 1. The molecule has 0 bridgehead atoms. The molecule has 1 aromatic carbocycles. The molecule has 0 amide bonds. The van der Waals surface area contributed by atoms with Gasteiger partial charge < -0.3 is 5.32 Å². The van der Waals surface area contributed by atoms with Crippen LogP contribution in [0, 0.1) is 11.7 Å². The lowest BCUT2D eigenvalue weighted by atomic mass is 9.92. The fraction of sp³-hybridized carbons (Fsp3) is 0.571. The second-order valence-electron chi connectivity index (χ2n) is 4.98. The molecule has 1 N–H and O–H groups in total. The Morgan fingerprint density at radius 2 is 2.22 bits per heavy atom. The van der Waals surface area contributed by atoms with Gasteiger partial charge in [0.2, 0.25) is 0 Å². The lowest BCUT2D eigenvalue weighted by molar-refractivity contribution is 0.443. The third kappa shape index (κ3) is 2.54. The van der Waals surface area contributed by atoms with Gasteiger partial charge in [-0.3, -0.25) is 0 Å². The van der Waals surface area contributed by atoms with E-state index in [0.717, 1.165) is 17.7 Å². The maximum atomic E-state index is 13.9. The van der Waals surface area contributed by atoms with Gasteiger partial charge >= 0.3 is 0 Å². The SMILES string of the molecule is CCNC1c2c(Cl)ccc(F)c2CSC1C(C)C. The predicted octanol–water partition coefficient (Wildman–Crippen LogP) is 4.40. The second kappa shape index (κ2) is 5.81. The standard InChI is InChI=1S/C14H19ClFNS/c1-4-17-13-12-9(7-18-14(13)8(2)3)11(16)6-5-10(12)15/h5-6,8,13-14,17H,4,7H2,1-3H3. The van der Waals surface area contributed by atoms with Crippen LogP contribution < -0.4 is 5.32 Å². The maximum absolute atomic E-state index is 13.9. The quantitative estimate of drug-likeness (QED) is 0.884. The third-order valence-corrected chi connectivity index (χ3v) is 5.37. The highest BCUT2D eigenvalue weighted by atomic mass is 35.5. The first-order chi connectivity index (χ1) is 8.56. The Morgan fingerprint density at radius 3 is 2.83 bits per heavy atom. The van der Waals surface area contributed by atoms with Crippen molar-refractivity contribution in [2.45, 2.75) is 37.8 Å². The molecule has 1 nitrogen and oxygen atoms in total. The molecule has 0 aromatic heterocycles. The first kappa shape index (κ1) is 14.2. The van der Waals surface area contributed by atoms with E-state index >= 15 is 0 Å². The van der Waals surface area contributed by atoms with Crippen molar-refractivity contribution in [1.29, 1.82) is 0 Å². The molecule has 0 spiro atoms. The molecule has 1 heterocycles. The van der Waals surface area contributed by atoms with Crippen molar-refractivity contribution in [2.75, 3.05) is 6.54 Å². The molecule has 18 heavy (non-hydrogen) atoms. The van der Waals surface area contributed by atoms with Crippen LogP contribution in [0.5, 0.6) is 0 Å².